The van der Waals surface area contributed by atoms with Gasteiger partial charge < -0.3 is 20.1 Å². The van der Waals surface area contributed by atoms with Crippen LogP contribution in [0, 0.1) is 6.92 Å². The van der Waals surface area contributed by atoms with Gasteiger partial charge in [-0.15, -0.1) is 12.4 Å². The predicted octanol–water partition coefficient (Wildman–Crippen LogP) is 5.31. The van der Waals surface area contributed by atoms with Crippen molar-refractivity contribution in [3.63, 3.8) is 0 Å². The zero-order valence-corrected chi connectivity index (χ0v) is 21.5. The van der Waals surface area contributed by atoms with Crippen molar-refractivity contribution in [2.45, 2.75) is 25.9 Å². The van der Waals surface area contributed by atoms with E-state index in [9.17, 15) is 0 Å². The van der Waals surface area contributed by atoms with Gasteiger partial charge in [0.15, 0.2) is 5.82 Å². The number of nitrogens with one attached hydrogen (secondary N) is 2. The van der Waals surface area contributed by atoms with Crippen LogP contribution in [0.5, 0.6) is 17.4 Å². The molecule has 1 fully saturated rings. The van der Waals surface area contributed by atoms with Crippen molar-refractivity contribution in [2.24, 2.45) is 7.05 Å². The van der Waals surface area contributed by atoms with Gasteiger partial charge in [0.1, 0.15) is 29.4 Å². The van der Waals surface area contributed by atoms with E-state index in [1.54, 1.807) is 4.68 Å². The Morgan fingerprint density at radius 1 is 1.00 bits per heavy atom. The highest BCUT2D eigenvalue weighted by molar-refractivity contribution is 5.87. The molecular formula is C27H28ClN7O2. The Balaban J connectivity index is 0.00000280. The third kappa shape index (κ3) is 5.42. The van der Waals surface area contributed by atoms with Crippen LogP contribution in [0.25, 0.3) is 21.9 Å². The summed E-state index contributed by atoms with van der Waals surface area (Å²) in [4.78, 5) is 13.5. The first kappa shape index (κ1) is 24.7. The number of aryl methyl sites for hydroxylation is 2. The maximum absolute atomic E-state index is 6.15. The maximum atomic E-state index is 6.15. The predicted molar refractivity (Wildman–Crippen MR) is 146 cm³/mol. The fourth-order valence-corrected chi connectivity index (χ4v) is 4.45. The third-order valence-corrected chi connectivity index (χ3v) is 6.29. The summed E-state index contributed by atoms with van der Waals surface area (Å²) in [5, 5.41) is 12.3. The van der Waals surface area contributed by atoms with Crippen LogP contribution in [-0.4, -0.2) is 43.9 Å². The molecule has 10 heteroatoms. The molecule has 2 aromatic carbocycles. The maximum Gasteiger partial charge on any atom is 0.214 e. The molecule has 0 aliphatic carbocycles. The zero-order valence-electron chi connectivity index (χ0n) is 20.6. The standard InChI is InChI=1S/C27H27N7O2.ClH/c1-17-13-19(4-7-24(17)35-21-5-3-18-15-34(2)33-23(18)14-21)31-27-26-22(29-16-30-27)6-8-25(32-26)36-20-9-11-28-12-10-20;/h3-8,13-16,20,28H,9-12H2,1-2H3,(H,29,30,31);1H. The van der Waals surface area contributed by atoms with Crippen molar-refractivity contribution < 1.29 is 9.47 Å². The number of halogens is 1. The van der Waals surface area contributed by atoms with Gasteiger partial charge in [-0.2, -0.15) is 5.10 Å². The van der Waals surface area contributed by atoms with Gasteiger partial charge in [0, 0.05) is 36.5 Å². The molecule has 6 rings (SSSR count). The lowest BCUT2D eigenvalue weighted by atomic mass is 10.1. The van der Waals surface area contributed by atoms with Crippen molar-refractivity contribution in [3.05, 3.63) is 66.6 Å². The Morgan fingerprint density at radius 2 is 1.86 bits per heavy atom. The average Bonchev–Trinajstić information content (AvgIpc) is 3.26. The van der Waals surface area contributed by atoms with E-state index in [0.717, 1.165) is 65.1 Å². The van der Waals surface area contributed by atoms with Gasteiger partial charge in [-0.3, -0.25) is 4.68 Å². The molecule has 0 atom stereocenters. The quantitative estimate of drug-likeness (QED) is 0.313. The summed E-state index contributed by atoms with van der Waals surface area (Å²) in [6.07, 6.45) is 5.64. The molecule has 9 nitrogen and oxygen atoms in total. The van der Waals surface area contributed by atoms with Gasteiger partial charge in [-0.25, -0.2) is 15.0 Å². The van der Waals surface area contributed by atoms with Crippen LogP contribution in [0.1, 0.15) is 18.4 Å². The molecule has 37 heavy (non-hydrogen) atoms. The molecule has 2 N–H and O–H groups in total. The number of rotatable bonds is 6. The van der Waals surface area contributed by atoms with Gasteiger partial charge in [0.25, 0.3) is 0 Å². The Morgan fingerprint density at radius 3 is 2.70 bits per heavy atom. The molecule has 0 saturated carbocycles. The molecule has 0 spiro atoms. The minimum absolute atomic E-state index is 0. The number of fused-ring (bicyclic) bond motifs is 2. The number of pyridine rings is 1. The van der Waals surface area contributed by atoms with Crippen LogP contribution in [0.15, 0.2) is 61.1 Å². The number of hydrogen-bond acceptors (Lipinski definition) is 8. The summed E-state index contributed by atoms with van der Waals surface area (Å²) in [5.74, 6) is 2.75. The van der Waals surface area contributed by atoms with Crippen molar-refractivity contribution in [1.29, 1.82) is 0 Å². The van der Waals surface area contributed by atoms with E-state index in [-0.39, 0.29) is 18.5 Å². The summed E-state index contributed by atoms with van der Waals surface area (Å²) < 4.78 is 14.1. The van der Waals surface area contributed by atoms with E-state index in [2.05, 4.69) is 25.7 Å². The average molecular weight is 518 g/mol. The van der Waals surface area contributed by atoms with E-state index in [0.29, 0.717) is 17.2 Å². The largest absolute Gasteiger partial charge is 0.474 e. The molecule has 0 amide bonds. The van der Waals surface area contributed by atoms with Gasteiger partial charge in [-0.1, -0.05) is 0 Å². The molecule has 3 aromatic heterocycles. The number of anilines is 2. The van der Waals surface area contributed by atoms with Gasteiger partial charge in [0.2, 0.25) is 5.88 Å². The molecule has 0 bridgehead atoms. The summed E-state index contributed by atoms with van der Waals surface area (Å²) in [7, 11) is 1.91. The lowest BCUT2D eigenvalue weighted by molar-refractivity contribution is 0.156. The Bertz CT molecular complexity index is 1550. The van der Waals surface area contributed by atoms with Crippen LogP contribution >= 0.6 is 12.4 Å². The van der Waals surface area contributed by atoms with Gasteiger partial charge >= 0.3 is 0 Å². The van der Waals surface area contributed by atoms with E-state index in [1.165, 1.54) is 6.33 Å². The summed E-state index contributed by atoms with van der Waals surface area (Å²) in [5.41, 5.74) is 4.20. The van der Waals surface area contributed by atoms with Gasteiger partial charge in [0.05, 0.1) is 11.0 Å². The Kier molecular flexibility index (Phi) is 7.07. The van der Waals surface area contributed by atoms with Crippen LogP contribution in [-0.2, 0) is 7.05 Å². The molecule has 5 aromatic rings. The number of benzene rings is 2. The minimum Gasteiger partial charge on any atom is -0.474 e. The first-order valence-electron chi connectivity index (χ1n) is 12.1. The topological polar surface area (TPSA) is 99.0 Å². The highest BCUT2D eigenvalue weighted by atomic mass is 35.5. The number of piperidine rings is 1. The smallest absolute Gasteiger partial charge is 0.214 e. The molecule has 0 unspecified atom stereocenters. The molecule has 1 aliphatic rings. The van der Waals surface area contributed by atoms with Crippen LogP contribution < -0.4 is 20.1 Å². The second kappa shape index (κ2) is 10.6. The number of nitrogens with zero attached hydrogens (tertiary/aromatic N) is 5. The number of hydrogen-bond donors (Lipinski definition) is 2. The van der Waals surface area contributed by atoms with Crippen molar-refractivity contribution >= 4 is 45.8 Å². The third-order valence-electron chi connectivity index (χ3n) is 6.29. The molecule has 190 valence electrons. The summed E-state index contributed by atoms with van der Waals surface area (Å²) in [6.45, 7) is 3.94. The lowest BCUT2D eigenvalue weighted by Crippen LogP contribution is -2.34. The zero-order chi connectivity index (χ0) is 24.5. The highest BCUT2D eigenvalue weighted by Gasteiger charge is 2.16. The molecule has 1 saturated heterocycles. The van der Waals surface area contributed by atoms with E-state index >= 15 is 0 Å². The Labute approximate surface area is 220 Å². The fraction of sp³-hybridized carbons (Fsp3) is 0.259. The first-order chi connectivity index (χ1) is 17.6. The second-order valence-electron chi connectivity index (χ2n) is 9.04. The molecule has 1 aliphatic heterocycles. The van der Waals surface area contributed by atoms with Gasteiger partial charge in [-0.05, 0) is 74.8 Å². The monoisotopic (exact) mass is 517 g/mol. The summed E-state index contributed by atoms with van der Waals surface area (Å²) >= 11 is 0. The van der Waals surface area contributed by atoms with E-state index in [1.807, 2.05) is 68.7 Å². The summed E-state index contributed by atoms with van der Waals surface area (Å²) in [6, 6.07) is 15.7. The highest BCUT2D eigenvalue weighted by Crippen LogP contribution is 2.31. The molecule has 4 heterocycles. The SMILES string of the molecule is Cc1cc(Nc2ncnc3ccc(OC4CCNCC4)nc23)ccc1Oc1ccc2cn(C)nc2c1.Cl. The molecule has 0 radical (unpaired) electrons. The van der Waals surface area contributed by atoms with Crippen LogP contribution in [0.2, 0.25) is 0 Å². The lowest BCUT2D eigenvalue weighted by Gasteiger charge is -2.23. The fourth-order valence-electron chi connectivity index (χ4n) is 4.45. The van der Waals surface area contributed by atoms with Crippen molar-refractivity contribution in [1.82, 2.24) is 30.0 Å². The van der Waals surface area contributed by atoms with Crippen molar-refractivity contribution in [2.75, 3.05) is 18.4 Å². The minimum atomic E-state index is 0. The number of aromatic nitrogens is 5. The molecular weight excluding hydrogens is 490 g/mol. The van der Waals surface area contributed by atoms with Crippen LogP contribution in [0.3, 0.4) is 0 Å². The van der Waals surface area contributed by atoms with Crippen molar-refractivity contribution in [3.8, 4) is 17.4 Å². The van der Waals surface area contributed by atoms with E-state index in [4.69, 9.17) is 14.5 Å². The van der Waals surface area contributed by atoms with E-state index < -0.39 is 0 Å². The second-order valence-corrected chi connectivity index (χ2v) is 9.04. The van der Waals surface area contributed by atoms with Crippen LogP contribution in [0.4, 0.5) is 11.5 Å². The first-order valence-corrected chi connectivity index (χ1v) is 12.1. The number of ether oxygens (including phenoxy) is 2. The normalized spacial score (nSPS) is 13.9. The Hall–Kier alpha value is -3.95.